The highest BCUT2D eigenvalue weighted by molar-refractivity contribution is 5.70. The predicted octanol–water partition coefficient (Wildman–Crippen LogP) is 2.68. The van der Waals surface area contributed by atoms with Crippen molar-refractivity contribution in [3.8, 4) is 0 Å². The molecule has 0 aromatic rings. The van der Waals surface area contributed by atoms with Crippen LogP contribution in [0.4, 0.5) is 0 Å². The van der Waals surface area contributed by atoms with Crippen LogP contribution in [0.3, 0.4) is 0 Å². The van der Waals surface area contributed by atoms with Crippen LogP contribution in [0.25, 0.3) is 0 Å². The van der Waals surface area contributed by atoms with Gasteiger partial charge in [0, 0.05) is 0 Å². The Kier molecular flexibility index (Phi) is 6.41. The minimum Gasteiger partial charge on any atom is -0.466 e. The Morgan fingerprint density at radius 2 is 1.93 bits per heavy atom. The molecule has 0 aromatic carbocycles. The van der Waals surface area contributed by atoms with E-state index >= 15 is 0 Å². The molecule has 1 saturated heterocycles. The van der Waals surface area contributed by atoms with Gasteiger partial charge in [0.05, 0.1) is 25.7 Å². The van der Waals surface area contributed by atoms with E-state index in [9.17, 15) is 4.79 Å². The highest BCUT2D eigenvalue weighted by atomic mass is 16.6. The zero-order valence-corrected chi connectivity index (χ0v) is 9.67. The third-order valence-corrected chi connectivity index (χ3v) is 2.56. The largest absolute Gasteiger partial charge is 0.466 e. The highest BCUT2D eigenvalue weighted by Crippen LogP contribution is 2.14. The average molecular weight is 214 g/mol. The number of hydrogen-bond donors (Lipinski definition) is 0. The minimum absolute atomic E-state index is 0.106. The van der Waals surface area contributed by atoms with E-state index in [1.165, 1.54) is 32.1 Å². The zero-order valence-electron chi connectivity index (χ0n) is 9.67. The first-order valence-electron chi connectivity index (χ1n) is 6.10. The quantitative estimate of drug-likeness (QED) is 0.336. The lowest BCUT2D eigenvalue weighted by Crippen LogP contribution is -2.08. The average Bonchev–Trinajstić information content (AvgIpc) is 3.00. The van der Waals surface area contributed by atoms with Crippen LogP contribution in [0.15, 0.2) is 0 Å². The summed E-state index contributed by atoms with van der Waals surface area (Å²) < 4.78 is 10.0. The Balaban J connectivity index is 1.77. The summed E-state index contributed by atoms with van der Waals surface area (Å²) in [6, 6.07) is 0. The van der Waals surface area contributed by atoms with Crippen molar-refractivity contribution in [3.63, 3.8) is 0 Å². The minimum atomic E-state index is -0.106. The fourth-order valence-electron chi connectivity index (χ4n) is 1.50. The summed E-state index contributed by atoms with van der Waals surface area (Å²) in [6.45, 7) is 3.52. The molecule has 1 heterocycles. The van der Waals surface area contributed by atoms with E-state index in [4.69, 9.17) is 9.47 Å². The Morgan fingerprint density at radius 3 is 2.60 bits per heavy atom. The van der Waals surface area contributed by atoms with Gasteiger partial charge in [-0.25, -0.2) is 0 Å². The maximum absolute atomic E-state index is 11.1. The molecule has 1 aliphatic rings. The van der Waals surface area contributed by atoms with Crippen molar-refractivity contribution in [2.24, 2.45) is 0 Å². The van der Waals surface area contributed by atoms with Crippen LogP contribution >= 0.6 is 0 Å². The molecule has 1 rings (SSSR count). The number of hydrogen-bond acceptors (Lipinski definition) is 3. The van der Waals surface area contributed by atoms with E-state index in [1.54, 1.807) is 0 Å². The van der Waals surface area contributed by atoms with Crippen LogP contribution < -0.4 is 0 Å². The van der Waals surface area contributed by atoms with E-state index in [0.717, 1.165) is 13.0 Å². The molecular weight excluding hydrogens is 192 g/mol. The van der Waals surface area contributed by atoms with Gasteiger partial charge in [-0.15, -0.1) is 0 Å². The van der Waals surface area contributed by atoms with Gasteiger partial charge in [0.1, 0.15) is 0 Å². The van der Waals surface area contributed by atoms with E-state index < -0.39 is 0 Å². The highest BCUT2D eigenvalue weighted by Gasteiger charge is 2.26. The molecule has 0 spiro atoms. The monoisotopic (exact) mass is 214 g/mol. The van der Waals surface area contributed by atoms with Gasteiger partial charge in [-0.2, -0.15) is 0 Å². The lowest BCUT2D eigenvalue weighted by Gasteiger charge is -2.03. The number of unbranched alkanes of at least 4 members (excludes halogenated alkanes) is 5. The van der Waals surface area contributed by atoms with E-state index in [1.807, 2.05) is 0 Å². The number of esters is 1. The first-order chi connectivity index (χ1) is 7.33. The van der Waals surface area contributed by atoms with Crippen LogP contribution in [0.1, 0.15) is 51.9 Å². The number of epoxide rings is 1. The zero-order chi connectivity index (χ0) is 10.9. The second kappa shape index (κ2) is 7.69. The van der Waals surface area contributed by atoms with Gasteiger partial charge >= 0.3 is 5.97 Å². The molecule has 0 amide bonds. The lowest BCUT2D eigenvalue weighted by atomic mass is 10.1. The standard InChI is InChI=1S/C12H22O3/c1-2-3-4-5-6-7-8-14-12(13)9-11-10-15-11/h11H,2-10H2,1H3/t11-/m0/s1. The second-order valence-electron chi connectivity index (χ2n) is 4.15. The summed E-state index contributed by atoms with van der Waals surface area (Å²) in [5, 5.41) is 0. The number of ether oxygens (including phenoxy) is 2. The van der Waals surface area contributed by atoms with Gasteiger partial charge in [0.25, 0.3) is 0 Å². The molecule has 0 aliphatic carbocycles. The topological polar surface area (TPSA) is 38.8 Å². The van der Waals surface area contributed by atoms with Crippen molar-refractivity contribution in [1.29, 1.82) is 0 Å². The molecule has 3 nitrogen and oxygen atoms in total. The van der Waals surface area contributed by atoms with Gasteiger partial charge in [-0.1, -0.05) is 39.0 Å². The molecule has 0 saturated carbocycles. The van der Waals surface area contributed by atoms with Crippen LogP contribution in [-0.4, -0.2) is 25.3 Å². The molecule has 3 heteroatoms. The Bertz CT molecular complexity index is 176. The van der Waals surface area contributed by atoms with Gasteiger partial charge in [0.2, 0.25) is 0 Å². The van der Waals surface area contributed by atoms with Crippen LogP contribution in [0.2, 0.25) is 0 Å². The van der Waals surface area contributed by atoms with Gasteiger partial charge in [-0.3, -0.25) is 4.79 Å². The smallest absolute Gasteiger partial charge is 0.308 e. The van der Waals surface area contributed by atoms with E-state index in [-0.39, 0.29) is 12.1 Å². The first kappa shape index (κ1) is 12.5. The molecule has 0 unspecified atom stereocenters. The second-order valence-corrected chi connectivity index (χ2v) is 4.15. The molecule has 1 fully saturated rings. The number of carbonyl (C=O) groups excluding carboxylic acids is 1. The van der Waals surface area contributed by atoms with E-state index in [0.29, 0.717) is 13.0 Å². The molecule has 0 N–H and O–H groups in total. The lowest BCUT2D eigenvalue weighted by molar-refractivity contribution is -0.144. The molecule has 15 heavy (non-hydrogen) atoms. The number of carbonyl (C=O) groups is 1. The molecule has 0 bridgehead atoms. The van der Waals surface area contributed by atoms with Crippen molar-refractivity contribution in [2.75, 3.05) is 13.2 Å². The Hall–Kier alpha value is -0.570. The third-order valence-electron chi connectivity index (χ3n) is 2.56. The Morgan fingerprint density at radius 1 is 1.27 bits per heavy atom. The van der Waals surface area contributed by atoms with Crippen molar-refractivity contribution in [1.82, 2.24) is 0 Å². The maximum Gasteiger partial charge on any atom is 0.308 e. The number of rotatable bonds is 9. The fraction of sp³-hybridized carbons (Fsp3) is 0.917. The summed E-state index contributed by atoms with van der Waals surface area (Å²) in [5.41, 5.74) is 0. The van der Waals surface area contributed by atoms with Crippen molar-refractivity contribution in [3.05, 3.63) is 0 Å². The summed E-state index contributed by atoms with van der Waals surface area (Å²) in [5.74, 6) is -0.106. The SMILES string of the molecule is CCCCCCCCOC(=O)C[C@H]1CO1. The summed E-state index contributed by atoms with van der Waals surface area (Å²) in [6.07, 6.45) is 7.93. The van der Waals surface area contributed by atoms with E-state index in [2.05, 4.69) is 6.92 Å². The van der Waals surface area contributed by atoms with Gasteiger partial charge in [-0.05, 0) is 6.42 Å². The maximum atomic E-state index is 11.1. The molecule has 1 atom stereocenters. The normalized spacial score (nSPS) is 18.9. The third kappa shape index (κ3) is 7.37. The van der Waals surface area contributed by atoms with Crippen LogP contribution in [0, 0.1) is 0 Å². The predicted molar refractivity (Wildman–Crippen MR) is 58.7 cm³/mol. The van der Waals surface area contributed by atoms with Crippen molar-refractivity contribution < 1.29 is 14.3 Å². The van der Waals surface area contributed by atoms with Gasteiger partial charge in [0.15, 0.2) is 0 Å². The van der Waals surface area contributed by atoms with Crippen LogP contribution in [0.5, 0.6) is 0 Å². The fourth-order valence-corrected chi connectivity index (χ4v) is 1.50. The molecule has 88 valence electrons. The van der Waals surface area contributed by atoms with Crippen molar-refractivity contribution >= 4 is 5.97 Å². The first-order valence-corrected chi connectivity index (χ1v) is 6.10. The van der Waals surface area contributed by atoms with Crippen LogP contribution in [-0.2, 0) is 14.3 Å². The molecule has 0 aromatic heterocycles. The summed E-state index contributed by atoms with van der Waals surface area (Å²) in [4.78, 5) is 11.1. The van der Waals surface area contributed by atoms with Crippen molar-refractivity contribution in [2.45, 2.75) is 58.0 Å². The molecule has 1 aliphatic heterocycles. The van der Waals surface area contributed by atoms with Gasteiger partial charge < -0.3 is 9.47 Å². The summed E-state index contributed by atoms with van der Waals surface area (Å²) >= 11 is 0. The molecule has 0 radical (unpaired) electrons. The Labute approximate surface area is 92.1 Å². The molecular formula is C12H22O3. The summed E-state index contributed by atoms with van der Waals surface area (Å²) in [7, 11) is 0.